The van der Waals surface area contributed by atoms with E-state index in [4.69, 9.17) is 14.6 Å². The highest BCUT2D eigenvalue weighted by atomic mass is 16.5. The van der Waals surface area contributed by atoms with Crippen LogP contribution in [0.25, 0.3) is 0 Å². The van der Waals surface area contributed by atoms with E-state index in [1.807, 2.05) is 18.2 Å². The number of hydrogen-bond acceptors (Lipinski definition) is 4. The predicted molar refractivity (Wildman–Crippen MR) is 86.0 cm³/mol. The quantitative estimate of drug-likeness (QED) is 0.687. The summed E-state index contributed by atoms with van der Waals surface area (Å²) in [4.78, 5) is 0. The molecule has 0 unspecified atom stereocenters. The molecule has 1 aromatic rings. The second-order valence-electron chi connectivity index (χ2n) is 6.15. The molecule has 0 saturated heterocycles. The van der Waals surface area contributed by atoms with Crippen LogP contribution in [0.5, 0.6) is 11.5 Å². The van der Waals surface area contributed by atoms with E-state index in [2.05, 4.69) is 33.0 Å². The SMILES string of the molecule is CCCOc1ccc(CNC(C)(C)C)c(OCCCO)c1. The van der Waals surface area contributed by atoms with Crippen molar-refractivity contribution < 1.29 is 14.6 Å². The molecule has 4 heteroatoms. The Morgan fingerprint density at radius 3 is 2.52 bits per heavy atom. The van der Waals surface area contributed by atoms with E-state index >= 15 is 0 Å². The molecule has 21 heavy (non-hydrogen) atoms. The second-order valence-corrected chi connectivity index (χ2v) is 6.15. The number of nitrogens with one attached hydrogen (secondary N) is 1. The van der Waals surface area contributed by atoms with Gasteiger partial charge in [-0.3, -0.25) is 0 Å². The van der Waals surface area contributed by atoms with Crippen LogP contribution in [0.4, 0.5) is 0 Å². The first-order valence-corrected chi connectivity index (χ1v) is 7.70. The van der Waals surface area contributed by atoms with Crippen molar-refractivity contribution in [2.24, 2.45) is 0 Å². The largest absolute Gasteiger partial charge is 0.493 e. The fourth-order valence-electron chi connectivity index (χ4n) is 1.73. The predicted octanol–water partition coefficient (Wildman–Crippen LogP) is 3.12. The minimum Gasteiger partial charge on any atom is -0.493 e. The van der Waals surface area contributed by atoms with E-state index in [9.17, 15) is 0 Å². The number of hydrogen-bond donors (Lipinski definition) is 2. The maximum Gasteiger partial charge on any atom is 0.127 e. The van der Waals surface area contributed by atoms with E-state index < -0.39 is 0 Å². The van der Waals surface area contributed by atoms with Crippen molar-refractivity contribution >= 4 is 0 Å². The van der Waals surface area contributed by atoms with Crippen molar-refractivity contribution in [2.45, 2.75) is 52.6 Å². The molecule has 0 amide bonds. The van der Waals surface area contributed by atoms with Gasteiger partial charge in [0, 0.05) is 36.7 Å². The Morgan fingerprint density at radius 1 is 1.14 bits per heavy atom. The van der Waals surface area contributed by atoms with Gasteiger partial charge in [0.2, 0.25) is 0 Å². The molecule has 0 saturated carbocycles. The lowest BCUT2D eigenvalue weighted by molar-refractivity contribution is 0.231. The number of ether oxygens (including phenoxy) is 2. The van der Waals surface area contributed by atoms with Gasteiger partial charge in [0.1, 0.15) is 11.5 Å². The number of benzene rings is 1. The summed E-state index contributed by atoms with van der Waals surface area (Å²) >= 11 is 0. The van der Waals surface area contributed by atoms with Gasteiger partial charge < -0.3 is 19.9 Å². The van der Waals surface area contributed by atoms with Crippen molar-refractivity contribution in [2.75, 3.05) is 19.8 Å². The van der Waals surface area contributed by atoms with E-state index in [-0.39, 0.29) is 12.1 Å². The normalized spacial score (nSPS) is 11.5. The van der Waals surface area contributed by atoms with Gasteiger partial charge in [0.15, 0.2) is 0 Å². The van der Waals surface area contributed by atoms with E-state index in [0.717, 1.165) is 30.0 Å². The first-order chi connectivity index (χ1) is 9.96. The summed E-state index contributed by atoms with van der Waals surface area (Å²) in [6.07, 6.45) is 1.61. The third-order valence-corrected chi connectivity index (χ3v) is 2.88. The van der Waals surface area contributed by atoms with Crippen molar-refractivity contribution in [1.82, 2.24) is 5.32 Å². The third-order valence-electron chi connectivity index (χ3n) is 2.88. The molecule has 0 aliphatic heterocycles. The van der Waals surface area contributed by atoms with Gasteiger partial charge in [-0.25, -0.2) is 0 Å². The summed E-state index contributed by atoms with van der Waals surface area (Å²) in [6.45, 7) is 10.6. The molecule has 0 heterocycles. The van der Waals surface area contributed by atoms with Gasteiger partial charge in [-0.1, -0.05) is 13.0 Å². The highest BCUT2D eigenvalue weighted by Gasteiger charge is 2.12. The Balaban J connectivity index is 2.77. The summed E-state index contributed by atoms with van der Waals surface area (Å²) in [6, 6.07) is 5.96. The van der Waals surface area contributed by atoms with Gasteiger partial charge in [0.25, 0.3) is 0 Å². The average Bonchev–Trinajstić information content (AvgIpc) is 2.43. The van der Waals surface area contributed by atoms with Crippen LogP contribution in [0, 0.1) is 0 Å². The maximum atomic E-state index is 8.88. The van der Waals surface area contributed by atoms with Crippen LogP contribution in [-0.4, -0.2) is 30.5 Å². The number of rotatable bonds is 9. The molecule has 4 nitrogen and oxygen atoms in total. The summed E-state index contributed by atoms with van der Waals surface area (Å²) in [5, 5.41) is 12.3. The fourth-order valence-corrected chi connectivity index (χ4v) is 1.73. The van der Waals surface area contributed by atoms with Crippen LogP contribution in [0.2, 0.25) is 0 Å². The van der Waals surface area contributed by atoms with Crippen LogP contribution in [-0.2, 0) is 6.54 Å². The van der Waals surface area contributed by atoms with Gasteiger partial charge in [-0.2, -0.15) is 0 Å². The maximum absolute atomic E-state index is 8.88. The Morgan fingerprint density at radius 2 is 1.90 bits per heavy atom. The third kappa shape index (κ3) is 7.34. The van der Waals surface area contributed by atoms with Gasteiger partial charge in [-0.15, -0.1) is 0 Å². The first kappa shape index (κ1) is 17.8. The zero-order valence-electron chi connectivity index (χ0n) is 13.7. The molecule has 0 atom stereocenters. The molecule has 0 spiro atoms. The van der Waals surface area contributed by atoms with Crippen molar-refractivity contribution in [3.8, 4) is 11.5 Å². The number of aliphatic hydroxyl groups is 1. The number of aliphatic hydroxyl groups excluding tert-OH is 1. The van der Waals surface area contributed by atoms with Gasteiger partial charge >= 0.3 is 0 Å². The first-order valence-electron chi connectivity index (χ1n) is 7.70. The minimum atomic E-state index is 0.0553. The Bertz CT molecular complexity index is 413. The van der Waals surface area contributed by atoms with Gasteiger partial charge in [0.05, 0.1) is 13.2 Å². The molecule has 120 valence electrons. The zero-order chi connectivity index (χ0) is 15.7. The molecule has 0 aliphatic carbocycles. The molecule has 0 aliphatic rings. The smallest absolute Gasteiger partial charge is 0.127 e. The lowest BCUT2D eigenvalue weighted by Gasteiger charge is -2.22. The molecular weight excluding hydrogens is 266 g/mol. The van der Waals surface area contributed by atoms with Crippen molar-refractivity contribution in [3.05, 3.63) is 23.8 Å². The molecular formula is C17H29NO3. The summed E-state index contributed by atoms with van der Waals surface area (Å²) in [7, 11) is 0. The molecule has 0 radical (unpaired) electrons. The monoisotopic (exact) mass is 295 g/mol. The van der Waals surface area contributed by atoms with Crippen LogP contribution < -0.4 is 14.8 Å². The molecule has 0 bridgehead atoms. The van der Waals surface area contributed by atoms with Crippen molar-refractivity contribution in [1.29, 1.82) is 0 Å². The molecule has 2 N–H and O–H groups in total. The highest BCUT2D eigenvalue weighted by molar-refractivity contribution is 5.40. The standard InChI is InChI=1S/C17H29NO3/c1-5-10-20-15-8-7-14(13-18-17(2,3)4)16(12-15)21-11-6-9-19/h7-8,12,18-19H,5-6,9-11,13H2,1-4H3. The summed E-state index contributed by atoms with van der Waals surface area (Å²) < 4.78 is 11.4. The molecule has 0 fully saturated rings. The fraction of sp³-hybridized carbons (Fsp3) is 0.647. The van der Waals surface area contributed by atoms with Crippen LogP contribution >= 0.6 is 0 Å². The Kier molecular flexibility index (Phi) is 7.54. The zero-order valence-corrected chi connectivity index (χ0v) is 13.7. The van der Waals surface area contributed by atoms with Crippen LogP contribution in [0.1, 0.15) is 46.1 Å². The van der Waals surface area contributed by atoms with E-state index in [0.29, 0.717) is 19.6 Å². The second kappa shape index (κ2) is 8.90. The lowest BCUT2D eigenvalue weighted by Crippen LogP contribution is -2.35. The Labute approximate surface area is 128 Å². The van der Waals surface area contributed by atoms with Crippen LogP contribution in [0.15, 0.2) is 18.2 Å². The van der Waals surface area contributed by atoms with Crippen molar-refractivity contribution in [3.63, 3.8) is 0 Å². The molecule has 1 aromatic carbocycles. The average molecular weight is 295 g/mol. The molecule has 0 aromatic heterocycles. The molecule has 1 rings (SSSR count). The van der Waals surface area contributed by atoms with Gasteiger partial charge in [-0.05, 0) is 33.3 Å². The Hall–Kier alpha value is -1.26. The topological polar surface area (TPSA) is 50.7 Å². The highest BCUT2D eigenvalue weighted by Crippen LogP contribution is 2.26. The lowest BCUT2D eigenvalue weighted by atomic mass is 10.1. The summed E-state index contributed by atoms with van der Waals surface area (Å²) in [5.74, 6) is 1.66. The summed E-state index contributed by atoms with van der Waals surface area (Å²) in [5.41, 5.74) is 1.16. The van der Waals surface area contributed by atoms with E-state index in [1.54, 1.807) is 0 Å². The van der Waals surface area contributed by atoms with Crippen LogP contribution in [0.3, 0.4) is 0 Å². The minimum absolute atomic E-state index is 0.0553. The van der Waals surface area contributed by atoms with E-state index in [1.165, 1.54) is 0 Å².